The molecule has 0 aliphatic heterocycles. The Kier molecular flexibility index (Phi) is 4.66. The van der Waals surface area contributed by atoms with Crippen LogP contribution in [0.1, 0.15) is 18.9 Å². The van der Waals surface area contributed by atoms with E-state index in [1.165, 1.54) is 0 Å². The third-order valence-electron chi connectivity index (χ3n) is 2.26. The highest BCUT2D eigenvalue weighted by atomic mass is 16.4. The molecule has 0 fully saturated rings. The largest absolute Gasteiger partial charge is 0.481 e. The van der Waals surface area contributed by atoms with Crippen molar-refractivity contribution in [3.8, 4) is 0 Å². The minimum absolute atomic E-state index is 0.103. The van der Waals surface area contributed by atoms with Gasteiger partial charge in [-0.05, 0) is 31.0 Å². The molecule has 0 radical (unpaired) electrons. The highest BCUT2D eigenvalue weighted by Crippen LogP contribution is 2.11. The molecular formula is C12H16N2O3. The van der Waals surface area contributed by atoms with Crippen molar-refractivity contribution in [2.24, 2.45) is 5.73 Å². The molecule has 0 aliphatic carbocycles. The average Bonchev–Trinajstić information content (AvgIpc) is 2.28. The quantitative estimate of drug-likeness (QED) is 0.710. The second-order valence-corrected chi connectivity index (χ2v) is 3.87. The van der Waals surface area contributed by atoms with E-state index in [9.17, 15) is 9.59 Å². The predicted molar refractivity (Wildman–Crippen MR) is 64.7 cm³/mol. The van der Waals surface area contributed by atoms with Gasteiger partial charge in [-0.25, -0.2) is 0 Å². The van der Waals surface area contributed by atoms with E-state index < -0.39 is 12.0 Å². The van der Waals surface area contributed by atoms with Crippen molar-refractivity contribution in [2.75, 3.05) is 5.32 Å². The molecule has 17 heavy (non-hydrogen) atoms. The Labute approximate surface area is 99.6 Å². The maximum absolute atomic E-state index is 11.3. The zero-order valence-electron chi connectivity index (χ0n) is 9.64. The molecule has 1 atom stereocenters. The highest BCUT2D eigenvalue weighted by Gasteiger charge is 2.07. The fourth-order valence-electron chi connectivity index (χ4n) is 1.26. The Balaban J connectivity index is 2.56. The van der Waals surface area contributed by atoms with Crippen LogP contribution in [0, 0.1) is 0 Å². The summed E-state index contributed by atoms with van der Waals surface area (Å²) >= 11 is 0. The summed E-state index contributed by atoms with van der Waals surface area (Å²) < 4.78 is 0. The molecule has 0 saturated carbocycles. The van der Waals surface area contributed by atoms with Gasteiger partial charge in [0.2, 0.25) is 5.91 Å². The number of carbonyl (C=O) groups is 2. The van der Waals surface area contributed by atoms with Gasteiger partial charge < -0.3 is 16.2 Å². The fourth-order valence-corrected chi connectivity index (χ4v) is 1.26. The van der Waals surface area contributed by atoms with Crippen LogP contribution in [0.15, 0.2) is 24.3 Å². The molecule has 5 nitrogen and oxygen atoms in total. The van der Waals surface area contributed by atoms with Gasteiger partial charge in [-0.1, -0.05) is 12.1 Å². The van der Waals surface area contributed by atoms with Crippen LogP contribution in [0.2, 0.25) is 0 Å². The van der Waals surface area contributed by atoms with Crippen LogP contribution < -0.4 is 11.1 Å². The number of hydrogen-bond donors (Lipinski definition) is 3. The van der Waals surface area contributed by atoms with E-state index in [0.29, 0.717) is 12.1 Å². The second-order valence-electron chi connectivity index (χ2n) is 3.87. The normalized spacial score (nSPS) is 11.9. The maximum Gasteiger partial charge on any atom is 0.303 e. The molecule has 1 aromatic rings. The van der Waals surface area contributed by atoms with Crippen molar-refractivity contribution in [3.05, 3.63) is 29.8 Å². The van der Waals surface area contributed by atoms with Crippen molar-refractivity contribution in [1.29, 1.82) is 0 Å². The molecule has 1 aromatic carbocycles. The van der Waals surface area contributed by atoms with Crippen LogP contribution in [-0.2, 0) is 16.0 Å². The lowest BCUT2D eigenvalue weighted by atomic mass is 10.1. The van der Waals surface area contributed by atoms with Crippen LogP contribution in [0.4, 0.5) is 5.69 Å². The van der Waals surface area contributed by atoms with Gasteiger partial charge in [0.1, 0.15) is 0 Å². The Morgan fingerprint density at radius 2 is 1.94 bits per heavy atom. The Morgan fingerprint density at radius 1 is 1.35 bits per heavy atom. The number of aliphatic carboxylic acids is 1. The van der Waals surface area contributed by atoms with Crippen molar-refractivity contribution < 1.29 is 14.7 Å². The van der Waals surface area contributed by atoms with E-state index in [4.69, 9.17) is 10.8 Å². The van der Waals surface area contributed by atoms with Crippen molar-refractivity contribution in [1.82, 2.24) is 0 Å². The lowest BCUT2D eigenvalue weighted by Crippen LogP contribution is -2.32. The Morgan fingerprint density at radius 3 is 2.41 bits per heavy atom. The van der Waals surface area contributed by atoms with Gasteiger partial charge in [0.05, 0.1) is 6.04 Å². The number of carbonyl (C=O) groups excluding carboxylic acids is 1. The molecule has 0 spiro atoms. The number of rotatable bonds is 5. The zero-order valence-corrected chi connectivity index (χ0v) is 9.64. The SMILES string of the molecule is C[C@@H](N)C(=O)Nc1ccc(CCC(=O)O)cc1. The summed E-state index contributed by atoms with van der Waals surface area (Å²) in [6.07, 6.45) is 0.586. The molecule has 0 bridgehead atoms. The van der Waals surface area contributed by atoms with Gasteiger partial charge in [-0.3, -0.25) is 9.59 Å². The number of carboxylic acids is 1. The molecule has 5 heteroatoms. The number of anilines is 1. The van der Waals surface area contributed by atoms with E-state index in [0.717, 1.165) is 5.56 Å². The van der Waals surface area contributed by atoms with Gasteiger partial charge in [0.15, 0.2) is 0 Å². The Bertz CT molecular complexity index is 399. The van der Waals surface area contributed by atoms with Gasteiger partial charge in [-0.2, -0.15) is 0 Å². The summed E-state index contributed by atoms with van der Waals surface area (Å²) in [6, 6.07) is 6.50. The molecule has 1 amide bonds. The van der Waals surface area contributed by atoms with Crippen LogP contribution in [0.5, 0.6) is 0 Å². The third kappa shape index (κ3) is 4.65. The van der Waals surface area contributed by atoms with Crippen LogP contribution in [0.3, 0.4) is 0 Å². The van der Waals surface area contributed by atoms with E-state index >= 15 is 0 Å². The van der Waals surface area contributed by atoms with Crippen molar-refractivity contribution in [3.63, 3.8) is 0 Å². The van der Waals surface area contributed by atoms with Gasteiger partial charge in [-0.15, -0.1) is 0 Å². The molecule has 0 aliphatic rings. The van der Waals surface area contributed by atoms with E-state index in [-0.39, 0.29) is 12.3 Å². The predicted octanol–water partition coefficient (Wildman–Crippen LogP) is 0.989. The zero-order chi connectivity index (χ0) is 12.8. The van der Waals surface area contributed by atoms with E-state index in [1.54, 1.807) is 31.2 Å². The number of carboxylic acid groups (broad SMARTS) is 1. The smallest absolute Gasteiger partial charge is 0.303 e. The van der Waals surface area contributed by atoms with Gasteiger partial charge in [0, 0.05) is 12.1 Å². The summed E-state index contributed by atoms with van der Waals surface area (Å²) in [4.78, 5) is 21.7. The number of nitrogens with one attached hydrogen (secondary N) is 1. The number of nitrogens with two attached hydrogens (primary N) is 1. The summed E-state index contributed by atoms with van der Waals surface area (Å²) in [5.74, 6) is -1.07. The maximum atomic E-state index is 11.3. The first kappa shape index (κ1) is 13.2. The number of aryl methyl sites for hydroxylation is 1. The van der Waals surface area contributed by atoms with Crippen molar-refractivity contribution >= 4 is 17.6 Å². The summed E-state index contributed by atoms with van der Waals surface area (Å²) in [6.45, 7) is 1.61. The van der Waals surface area contributed by atoms with Crippen LogP contribution in [0.25, 0.3) is 0 Å². The molecule has 92 valence electrons. The summed E-state index contributed by atoms with van der Waals surface area (Å²) in [5, 5.41) is 11.2. The van der Waals surface area contributed by atoms with E-state index in [2.05, 4.69) is 5.32 Å². The fraction of sp³-hybridized carbons (Fsp3) is 0.333. The summed E-state index contributed by atoms with van der Waals surface area (Å²) in [5.41, 5.74) is 7.00. The molecular weight excluding hydrogens is 220 g/mol. The molecule has 1 rings (SSSR count). The molecule has 0 saturated heterocycles. The highest BCUT2D eigenvalue weighted by molar-refractivity contribution is 5.94. The molecule has 0 heterocycles. The first-order valence-corrected chi connectivity index (χ1v) is 5.36. The molecule has 0 unspecified atom stereocenters. The van der Waals surface area contributed by atoms with Gasteiger partial charge >= 0.3 is 5.97 Å². The topological polar surface area (TPSA) is 92.4 Å². The number of hydrogen-bond acceptors (Lipinski definition) is 3. The minimum Gasteiger partial charge on any atom is -0.481 e. The van der Waals surface area contributed by atoms with Crippen molar-refractivity contribution in [2.45, 2.75) is 25.8 Å². The molecule has 0 aromatic heterocycles. The lowest BCUT2D eigenvalue weighted by Gasteiger charge is -2.08. The van der Waals surface area contributed by atoms with E-state index in [1.807, 2.05) is 0 Å². The third-order valence-corrected chi connectivity index (χ3v) is 2.26. The van der Waals surface area contributed by atoms with Crippen LogP contribution in [-0.4, -0.2) is 23.0 Å². The second kappa shape index (κ2) is 6.00. The number of amides is 1. The standard InChI is InChI=1S/C12H16N2O3/c1-8(13)12(17)14-10-5-2-9(3-6-10)4-7-11(15)16/h2-3,5-6,8H,4,7,13H2,1H3,(H,14,17)(H,15,16)/t8-/m1/s1. The minimum atomic E-state index is -0.820. The molecule has 4 N–H and O–H groups in total. The monoisotopic (exact) mass is 236 g/mol. The summed E-state index contributed by atoms with van der Waals surface area (Å²) in [7, 11) is 0. The van der Waals surface area contributed by atoms with Crippen LogP contribution >= 0.6 is 0 Å². The first-order chi connectivity index (χ1) is 7.99. The first-order valence-electron chi connectivity index (χ1n) is 5.36. The number of benzene rings is 1. The van der Waals surface area contributed by atoms with Gasteiger partial charge in [0.25, 0.3) is 0 Å². The average molecular weight is 236 g/mol. The lowest BCUT2D eigenvalue weighted by molar-refractivity contribution is -0.137. The Hall–Kier alpha value is -1.88.